The van der Waals surface area contributed by atoms with Crippen molar-refractivity contribution >= 4 is 40.4 Å². The summed E-state index contributed by atoms with van der Waals surface area (Å²) in [6, 6.07) is 5.60. The predicted molar refractivity (Wildman–Crippen MR) is 81.0 cm³/mol. The van der Waals surface area contributed by atoms with E-state index >= 15 is 0 Å². The molecule has 0 saturated carbocycles. The molecule has 2 nitrogen and oxygen atoms in total. The zero-order valence-corrected chi connectivity index (χ0v) is 12.7. The van der Waals surface area contributed by atoms with Gasteiger partial charge in [0.1, 0.15) is 4.99 Å². The summed E-state index contributed by atoms with van der Waals surface area (Å²) in [5, 5.41) is 1.14. The molecule has 0 atom stereocenters. The largest absolute Gasteiger partial charge is 0.351 e. The lowest BCUT2D eigenvalue weighted by Crippen LogP contribution is -3.14. The van der Waals surface area contributed by atoms with Crippen molar-refractivity contribution in [1.29, 1.82) is 0 Å². The second kappa shape index (κ2) is 6.20. The second-order valence-corrected chi connectivity index (χ2v) is 5.73. The number of quaternary nitrogens is 1. The highest BCUT2D eigenvalue weighted by atomic mass is 35.5. The van der Waals surface area contributed by atoms with Crippen LogP contribution in [0.15, 0.2) is 18.2 Å². The van der Waals surface area contributed by atoms with E-state index in [0.29, 0.717) is 10.0 Å². The molecule has 1 aliphatic rings. The predicted octanol–water partition coefficient (Wildman–Crippen LogP) is 1.89. The van der Waals surface area contributed by atoms with E-state index in [1.54, 1.807) is 11.0 Å². The molecule has 1 fully saturated rings. The number of thiocarbonyl (C=S) groups is 1. The molecule has 0 aromatic heterocycles. The Balaban J connectivity index is 2.05. The van der Waals surface area contributed by atoms with Gasteiger partial charge in [0, 0.05) is 5.56 Å². The van der Waals surface area contributed by atoms with Crippen LogP contribution in [0.1, 0.15) is 12.5 Å². The number of piperazine rings is 1. The van der Waals surface area contributed by atoms with Crippen LogP contribution in [0.4, 0.5) is 0 Å². The summed E-state index contributed by atoms with van der Waals surface area (Å²) < 4.78 is 0. The molecule has 1 aromatic carbocycles. The lowest BCUT2D eigenvalue weighted by atomic mass is 10.2. The van der Waals surface area contributed by atoms with Gasteiger partial charge in [-0.05, 0) is 19.1 Å². The van der Waals surface area contributed by atoms with Gasteiger partial charge in [0.15, 0.2) is 0 Å². The molecule has 1 aliphatic heterocycles. The summed E-state index contributed by atoms with van der Waals surface area (Å²) in [6.07, 6.45) is 0. The highest BCUT2D eigenvalue weighted by Gasteiger charge is 2.21. The zero-order chi connectivity index (χ0) is 13.1. The standard InChI is InChI=1S/C13H16Cl2N2S/c1-2-16-5-7-17(8-6-16)13(18)10-3-4-11(14)12(15)9-10/h3-4,9H,2,5-8H2,1H3/p+1. The van der Waals surface area contributed by atoms with E-state index in [-0.39, 0.29) is 0 Å². The normalized spacial score (nSPS) is 16.9. The van der Waals surface area contributed by atoms with Crippen LogP contribution in [0.5, 0.6) is 0 Å². The third-order valence-electron chi connectivity index (χ3n) is 3.42. The third kappa shape index (κ3) is 3.15. The quantitative estimate of drug-likeness (QED) is 0.835. The fraction of sp³-hybridized carbons (Fsp3) is 0.462. The van der Waals surface area contributed by atoms with E-state index in [1.165, 1.54) is 6.54 Å². The SMILES string of the molecule is CC[NH+]1CCN(C(=S)c2ccc(Cl)c(Cl)c2)CC1. The first kappa shape index (κ1) is 14.1. The minimum absolute atomic E-state index is 0.564. The van der Waals surface area contributed by atoms with Crippen molar-refractivity contribution in [2.24, 2.45) is 0 Å². The monoisotopic (exact) mass is 303 g/mol. The van der Waals surface area contributed by atoms with E-state index < -0.39 is 0 Å². The maximum atomic E-state index is 6.03. The van der Waals surface area contributed by atoms with Crippen molar-refractivity contribution in [2.45, 2.75) is 6.92 Å². The molecule has 0 amide bonds. The number of rotatable bonds is 2. The Morgan fingerprint density at radius 2 is 1.94 bits per heavy atom. The number of benzene rings is 1. The summed E-state index contributed by atoms with van der Waals surface area (Å²) in [6.45, 7) is 7.75. The number of hydrogen-bond donors (Lipinski definition) is 1. The first-order valence-electron chi connectivity index (χ1n) is 6.19. The molecule has 0 unspecified atom stereocenters. The first-order valence-corrected chi connectivity index (χ1v) is 7.36. The molecule has 1 aromatic rings. The molecule has 1 N–H and O–H groups in total. The fourth-order valence-corrected chi connectivity index (χ4v) is 2.80. The van der Waals surface area contributed by atoms with E-state index in [9.17, 15) is 0 Å². The van der Waals surface area contributed by atoms with E-state index in [4.69, 9.17) is 35.4 Å². The number of nitrogens with zero attached hydrogens (tertiary/aromatic N) is 1. The number of halogens is 2. The van der Waals surface area contributed by atoms with E-state index in [0.717, 1.165) is 36.7 Å². The number of nitrogens with one attached hydrogen (secondary N) is 1. The molecule has 0 aliphatic carbocycles. The smallest absolute Gasteiger partial charge is 0.109 e. The number of hydrogen-bond acceptors (Lipinski definition) is 1. The molecular weight excluding hydrogens is 287 g/mol. The molecule has 5 heteroatoms. The van der Waals surface area contributed by atoms with Gasteiger partial charge < -0.3 is 9.80 Å². The third-order valence-corrected chi connectivity index (χ3v) is 4.66. The molecule has 0 bridgehead atoms. The molecule has 2 rings (SSSR count). The van der Waals surface area contributed by atoms with Crippen LogP contribution < -0.4 is 4.90 Å². The molecular formula is C13H17Cl2N2S+. The summed E-state index contributed by atoms with van der Waals surface area (Å²) in [4.78, 5) is 4.78. The van der Waals surface area contributed by atoms with Crippen LogP contribution >= 0.6 is 35.4 Å². The lowest BCUT2D eigenvalue weighted by molar-refractivity contribution is -0.902. The van der Waals surface area contributed by atoms with E-state index in [2.05, 4.69) is 11.8 Å². The number of likely N-dealkylation sites (N-methyl/N-ethyl adjacent to an activating group) is 1. The first-order chi connectivity index (χ1) is 8.61. The minimum atomic E-state index is 0.564. The van der Waals surface area contributed by atoms with Crippen LogP contribution in [-0.2, 0) is 0 Å². The van der Waals surface area contributed by atoms with Gasteiger partial charge in [-0.25, -0.2) is 0 Å². The molecule has 0 spiro atoms. The van der Waals surface area contributed by atoms with Crippen LogP contribution in [0.3, 0.4) is 0 Å². The Kier molecular flexibility index (Phi) is 4.84. The van der Waals surface area contributed by atoms with Gasteiger partial charge in [0.25, 0.3) is 0 Å². The fourth-order valence-electron chi connectivity index (χ4n) is 2.19. The highest BCUT2D eigenvalue weighted by Crippen LogP contribution is 2.23. The molecule has 98 valence electrons. The van der Waals surface area contributed by atoms with Gasteiger partial charge in [-0.3, -0.25) is 0 Å². The maximum Gasteiger partial charge on any atom is 0.109 e. The van der Waals surface area contributed by atoms with Gasteiger partial charge in [-0.1, -0.05) is 41.5 Å². The summed E-state index contributed by atoms with van der Waals surface area (Å²) >= 11 is 17.5. The summed E-state index contributed by atoms with van der Waals surface area (Å²) in [7, 11) is 0. The average molecular weight is 304 g/mol. The maximum absolute atomic E-state index is 6.03. The Bertz CT molecular complexity index is 443. The molecule has 18 heavy (non-hydrogen) atoms. The van der Waals surface area contributed by atoms with Crippen molar-refractivity contribution in [1.82, 2.24) is 4.90 Å². The minimum Gasteiger partial charge on any atom is -0.351 e. The van der Waals surface area contributed by atoms with Crippen molar-refractivity contribution in [3.8, 4) is 0 Å². The van der Waals surface area contributed by atoms with Crippen LogP contribution in [0.25, 0.3) is 0 Å². The van der Waals surface area contributed by atoms with Crippen LogP contribution in [-0.4, -0.2) is 42.6 Å². The summed E-state index contributed by atoms with van der Waals surface area (Å²) in [5.74, 6) is 0. The van der Waals surface area contributed by atoms with Gasteiger partial charge >= 0.3 is 0 Å². The second-order valence-electron chi connectivity index (χ2n) is 4.52. The summed E-state index contributed by atoms with van der Waals surface area (Å²) in [5.41, 5.74) is 0.986. The average Bonchev–Trinajstić information content (AvgIpc) is 2.41. The zero-order valence-electron chi connectivity index (χ0n) is 10.4. The molecule has 1 heterocycles. The van der Waals surface area contributed by atoms with Crippen LogP contribution in [0, 0.1) is 0 Å². The van der Waals surface area contributed by atoms with Crippen molar-refractivity contribution in [2.75, 3.05) is 32.7 Å². The van der Waals surface area contributed by atoms with Crippen molar-refractivity contribution in [3.63, 3.8) is 0 Å². The highest BCUT2D eigenvalue weighted by molar-refractivity contribution is 7.80. The Hall–Kier alpha value is -0.350. The van der Waals surface area contributed by atoms with Gasteiger partial charge in [0.2, 0.25) is 0 Å². The molecule has 0 radical (unpaired) electrons. The van der Waals surface area contributed by atoms with Crippen molar-refractivity contribution in [3.05, 3.63) is 33.8 Å². The van der Waals surface area contributed by atoms with Gasteiger partial charge in [0.05, 0.1) is 42.8 Å². The van der Waals surface area contributed by atoms with E-state index in [1.807, 2.05) is 12.1 Å². The van der Waals surface area contributed by atoms with Crippen LogP contribution in [0.2, 0.25) is 10.0 Å². The Morgan fingerprint density at radius 3 is 2.50 bits per heavy atom. The lowest BCUT2D eigenvalue weighted by Gasteiger charge is -2.33. The Morgan fingerprint density at radius 1 is 1.28 bits per heavy atom. The molecule has 1 saturated heterocycles. The topological polar surface area (TPSA) is 7.68 Å². The van der Waals surface area contributed by atoms with Gasteiger partial charge in [-0.15, -0.1) is 0 Å². The Labute approximate surface area is 123 Å². The van der Waals surface area contributed by atoms with Gasteiger partial charge in [-0.2, -0.15) is 0 Å². The van der Waals surface area contributed by atoms with Crippen molar-refractivity contribution < 1.29 is 4.90 Å².